The van der Waals surface area contributed by atoms with Crippen molar-refractivity contribution in [2.24, 2.45) is 0 Å². The van der Waals surface area contributed by atoms with Gasteiger partial charge in [-0.05, 0) is 36.4 Å². The molecule has 0 radical (unpaired) electrons. The number of nitrogens with zero attached hydrogens (tertiary/aromatic N) is 2. The van der Waals surface area contributed by atoms with Crippen LogP contribution in [0.3, 0.4) is 0 Å². The van der Waals surface area contributed by atoms with E-state index in [1.807, 2.05) is 18.2 Å². The van der Waals surface area contributed by atoms with E-state index in [4.69, 9.17) is 0 Å². The quantitative estimate of drug-likeness (QED) is 0.713. The summed E-state index contributed by atoms with van der Waals surface area (Å²) in [5.74, 6) is 0.0132. The number of thiazole rings is 1. The second-order valence-corrected chi connectivity index (χ2v) is 7.62. The van der Waals surface area contributed by atoms with Gasteiger partial charge in [0.25, 0.3) is 5.91 Å². The number of anilines is 1. The lowest BCUT2D eigenvalue weighted by Gasteiger charge is -2.15. The average molecular weight is 380 g/mol. The van der Waals surface area contributed by atoms with E-state index < -0.39 is 0 Å². The van der Waals surface area contributed by atoms with Gasteiger partial charge in [0.05, 0.1) is 15.2 Å². The standard InChI is InChI=1S/C20H20N4O2S/c1-13(19-23-16-4-2-3-5-17(16)27-19)12-22-18(25)14-6-8-15(9-7-14)24-11-10-21-20(24)26/h2-9,13H,10-12H2,1H3,(H,21,26)(H,22,25). The molecule has 1 atom stereocenters. The van der Waals surface area contributed by atoms with Crippen LogP contribution in [-0.2, 0) is 0 Å². The van der Waals surface area contributed by atoms with Gasteiger partial charge in [0.2, 0.25) is 0 Å². The largest absolute Gasteiger partial charge is 0.351 e. The summed E-state index contributed by atoms with van der Waals surface area (Å²) in [7, 11) is 0. The van der Waals surface area contributed by atoms with Crippen molar-refractivity contribution in [3.63, 3.8) is 0 Å². The molecule has 0 saturated carbocycles. The number of amides is 3. The third kappa shape index (κ3) is 3.64. The molecule has 1 aliphatic rings. The highest BCUT2D eigenvalue weighted by Crippen LogP contribution is 2.27. The summed E-state index contributed by atoms with van der Waals surface area (Å²) < 4.78 is 1.16. The van der Waals surface area contributed by atoms with Crippen molar-refractivity contribution < 1.29 is 9.59 Å². The Labute approximate surface area is 161 Å². The van der Waals surface area contributed by atoms with Crippen LogP contribution in [0.15, 0.2) is 48.5 Å². The first kappa shape index (κ1) is 17.5. The van der Waals surface area contributed by atoms with Crippen LogP contribution in [0.1, 0.15) is 28.2 Å². The minimum Gasteiger partial charge on any atom is -0.351 e. The van der Waals surface area contributed by atoms with Crippen molar-refractivity contribution >= 4 is 39.2 Å². The van der Waals surface area contributed by atoms with E-state index in [0.29, 0.717) is 25.2 Å². The number of benzene rings is 2. The second-order valence-electron chi connectivity index (χ2n) is 6.56. The van der Waals surface area contributed by atoms with Crippen molar-refractivity contribution in [2.75, 3.05) is 24.5 Å². The molecule has 2 N–H and O–H groups in total. The Hall–Kier alpha value is -2.93. The van der Waals surface area contributed by atoms with Gasteiger partial charge >= 0.3 is 6.03 Å². The molecule has 3 amide bonds. The normalized spacial score (nSPS) is 15.0. The fourth-order valence-electron chi connectivity index (χ4n) is 3.05. The summed E-state index contributed by atoms with van der Waals surface area (Å²) in [6.07, 6.45) is 0. The molecule has 0 spiro atoms. The molecule has 0 aliphatic carbocycles. The molecule has 138 valence electrons. The molecule has 1 aromatic heterocycles. The maximum absolute atomic E-state index is 12.4. The van der Waals surface area contributed by atoms with E-state index in [0.717, 1.165) is 20.9 Å². The zero-order valence-corrected chi connectivity index (χ0v) is 15.8. The fraction of sp³-hybridized carbons (Fsp3) is 0.250. The molecule has 2 heterocycles. The van der Waals surface area contributed by atoms with Gasteiger partial charge < -0.3 is 10.6 Å². The Morgan fingerprint density at radius 2 is 2.04 bits per heavy atom. The molecule has 4 rings (SSSR count). The summed E-state index contributed by atoms with van der Waals surface area (Å²) in [6, 6.07) is 15.1. The number of urea groups is 1. The summed E-state index contributed by atoms with van der Waals surface area (Å²) >= 11 is 1.66. The molecule has 6 nitrogen and oxygen atoms in total. The van der Waals surface area contributed by atoms with Crippen LogP contribution in [0.25, 0.3) is 10.2 Å². The van der Waals surface area contributed by atoms with Crippen LogP contribution in [0.5, 0.6) is 0 Å². The predicted molar refractivity (Wildman–Crippen MR) is 108 cm³/mol. The van der Waals surface area contributed by atoms with Crippen molar-refractivity contribution in [3.05, 3.63) is 59.1 Å². The number of carbonyl (C=O) groups excluding carboxylic acids is 2. The van der Waals surface area contributed by atoms with E-state index in [2.05, 4.69) is 28.6 Å². The Morgan fingerprint density at radius 1 is 1.26 bits per heavy atom. The monoisotopic (exact) mass is 380 g/mol. The summed E-state index contributed by atoms with van der Waals surface area (Å²) in [4.78, 5) is 30.4. The minimum absolute atomic E-state index is 0.100. The Morgan fingerprint density at radius 3 is 2.74 bits per heavy atom. The van der Waals surface area contributed by atoms with Crippen LogP contribution in [0.4, 0.5) is 10.5 Å². The molecule has 2 aromatic carbocycles. The molecule has 0 bridgehead atoms. The smallest absolute Gasteiger partial charge is 0.321 e. The SMILES string of the molecule is CC(CNC(=O)c1ccc(N2CCNC2=O)cc1)c1nc2ccccc2s1. The lowest BCUT2D eigenvalue weighted by Crippen LogP contribution is -2.28. The van der Waals surface area contributed by atoms with Crippen LogP contribution in [-0.4, -0.2) is 36.6 Å². The van der Waals surface area contributed by atoms with Crippen LogP contribution >= 0.6 is 11.3 Å². The highest BCUT2D eigenvalue weighted by Gasteiger charge is 2.21. The Kier molecular flexibility index (Phi) is 4.77. The molecule has 1 unspecified atom stereocenters. The van der Waals surface area contributed by atoms with E-state index in [-0.39, 0.29) is 17.9 Å². The van der Waals surface area contributed by atoms with E-state index in [1.165, 1.54) is 0 Å². The first-order valence-corrected chi connectivity index (χ1v) is 9.72. The molecule has 3 aromatic rings. The van der Waals surface area contributed by atoms with Crippen molar-refractivity contribution in [2.45, 2.75) is 12.8 Å². The van der Waals surface area contributed by atoms with E-state index in [1.54, 1.807) is 40.5 Å². The number of hydrogen-bond acceptors (Lipinski definition) is 4. The lowest BCUT2D eigenvalue weighted by molar-refractivity contribution is 0.0951. The first-order valence-electron chi connectivity index (χ1n) is 8.91. The number of aromatic nitrogens is 1. The maximum Gasteiger partial charge on any atom is 0.321 e. The van der Waals surface area contributed by atoms with Gasteiger partial charge in [-0.1, -0.05) is 19.1 Å². The van der Waals surface area contributed by atoms with Gasteiger partial charge in [-0.15, -0.1) is 11.3 Å². The molecule has 1 fully saturated rings. The van der Waals surface area contributed by atoms with Crippen molar-refractivity contribution in [3.8, 4) is 0 Å². The molecule has 27 heavy (non-hydrogen) atoms. The molecule has 1 aliphatic heterocycles. The predicted octanol–water partition coefficient (Wildman–Crippen LogP) is 3.36. The molecular formula is C20H20N4O2S. The zero-order valence-electron chi connectivity index (χ0n) is 14.9. The van der Waals surface area contributed by atoms with Gasteiger partial charge in [0.15, 0.2) is 0 Å². The van der Waals surface area contributed by atoms with Crippen LogP contribution in [0.2, 0.25) is 0 Å². The van der Waals surface area contributed by atoms with Crippen LogP contribution in [0, 0.1) is 0 Å². The highest BCUT2D eigenvalue weighted by atomic mass is 32.1. The number of rotatable bonds is 5. The number of carbonyl (C=O) groups is 2. The number of hydrogen-bond donors (Lipinski definition) is 2. The highest BCUT2D eigenvalue weighted by molar-refractivity contribution is 7.18. The number of para-hydroxylation sites is 1. The van der Waals surface area contributed by atoms with Crippen molar-refractivity contribution in [1.82, 2.24) is 15.6 Å². The molecular weight excluding hydrogens is 360 g/mol. The number of fused-ring (bicyclic) bond motifs is 1. The Bertz CT molecular complexity index is 950. The molecule has 7 heteroatoms. The maximum atomic E-state index is 12.4. The van der Waals surface area contributed by atoms with Crippen molar-refractivity contribution in [1.29, 1.82) is 0 Å². The van der Waals surface area contributed by atoms with Gasteiger partial charge in [-0.25, -0.2) is 9.78 Å². The summed E-state index contributed by atoms with van der Waals surface area (Å²) in [5, 5.41) is 6.76. The summed E-state index contributed by atoms with van der Waals surface area (Å²) in [5.41, 5.74) is 2.37. The van der Waals surface area contributed by atoms with E-state index in [9.17, 15) is 9.59 Å². The number of nitrogens with one attached hydrogen (secondary N) is 2. The molecule has 1 saturated heterocycles. The zero-order chi connectivity index (χ0) is 18.8. The summed E-state index contributed by atoms with van der Waals surface area (Å²) in [6.45, 7) is 3.87. The topological polar surface area (TPSA) is 74.3 Å². The van der Waals surface area contributed by atoms with Gasteiger partial charge in [0.1, 0.15) is 0 Å². The first-order chi connectivity index (χ1) is 13.1. The second kappa shape index (κ2) is 7.36. The lowest BCUT2D eigenvalue weighted by atomic mass is 10.1. The average Bonchev–Trinajstić information content (AvgIpc) is 3.32. The van der Waals surface area contributed by atoms with Gasteiger partial charge in [-0.3, -0.25) is 9.69 Å². The van der Waals surface area contributed by atoms with Crippen LogP contribution < -0.4 is 15.5 Å². The Balaban J connectivity index is 1.37. The van der Waals surface area contributed by atoms with Gasteiger partial charge in [-0.2, -0.15) is 0 Å². The fourth-order valence-corrected chi connectivity index (χ4v) is 4.07. The third-order valence-electron chi connectivity index (χ3n) is 4.60. The third-order valence-corrected chi connectivity index (χ3v) is 5.87. The minimum atomic E-state index is -0.125. The van der Waals surface area contributed by atoms with Gasteiger partial charge in [0, 0.05) is 36.8 Å². The van der Waals surface area contributed by atoms with E-state index >= 15 is 0 Å².